The predicted molar refractivity (Wildman–Crippen MR) is 61.4 cm³/mol. The van der Waals surface area contributed by atoms with Crippen LogP contribution in [0.5, 0.6) is 0 Å². The summed E-state index contributed by atoms with van der Waals surface area (Å²) in [5.41, 5.74) is 8.13. The molecule has 4 N–H and O–H groups in total. The van der Waals surface area contributed by atoms with Crippen LogP contribution in [0.25, 0.3) is 0 Å². The van der Waals surface area contributed by atoms with Crippen molar-refractivity contribution in [3.63, 3.8) is 0 Å². The summed E-state index contributed by atoms with van der Waals surface area (Å²) in [6, 6.07) is 6.49. The molecule has 0 radical (unpaired) electrons. The Morgan fingerprint density at radius 2 is 2.13 bits per heavy atom. The summed E-state index contributed by atoms with van der Waals surface area (Å²) in [5, 5.41) is -0.133. The standard InChI is InChI=1S/C8H11N3O2S2/c1-6-3-2-4-7(5-6)15(12,13)11-10-8(9)14/h2-5,11H,1H3,(H3,9,10,14). The van der Waals surface area contributed by atoms with Crippen molar-refractivity contribution >= 4 is 27.4 Å². The average Bonchev–Trinajstić information content (AvgIpc) is 2.15. The lowest BCUT2D eigenvalue weighted by molar-refractivity contribution is 0.577. The summed E-state index contributed by atoms with van der Waals surface area (Å²) < 4.78 is 23.2. The summed E-state index contributed by atoms with van der Waals surface area (Å²) in [5.74, 6) is 0. The van der Waals surface area contributed by atoms with Crippen molar-refractivity contribution in [2.45, 2.75) is 11.8 Å². The normalized spacial score (nSPS) is 11.0. The Kier molecular flexibility index (Phi) is 3.61. The van der Waals surface area contributed by atoms with E-state index >= 15 is 0 Å². The molecule has 0 aliphatic heterocycles. The molecule has 1 rings (SSSR count). The third-order valence-electron chi connectivity index (χ3n) is 1.61. The van der Waals surface area contributed by atoms with Crippen molar-refractivity contribution in [2.75, 3.05) is 0 Å². The summed E-state index contributed by atoms with van der Waals surface area (Å²) >= 11 is 4.48. The largest absolute Gasteiger partial charge is 0.375 e. The van der Waals surface area contributed by atoms with Crippen LogP contribution in [0, 0.1) is 6.92 Å². The van der Waals surface area contributed by atoms with Gasteiger partial charge in [-0.1, -0.05) is 12.1 Å². The molecule has 5 nitrogen and oxygen atoms in total. The van der Waals surface area contributed by atoms with Crippen LogP contribution in [0.1, 0.15) is 5.56 Å². The first-order chi connectivity index (χ1) is 6.92. The topological polar surface area (TPSA) is 84.2 Å². The molecule has 0 bridgehead atoms. The number of thiocarbonyl (C=S) groups is 1. The highest BCUT2D eigenvalue weighted by Crippen LogP contribution is 2.09. The molecule has 0 aliphatic carbocycles. The number of benzene rings is 1. The molecule has 1 aromatic rings. The Labute approximate surface area is 93.7 Å². The molecule has 7 heteroatoms. The number of sulfonamides is 1. The van der Waals surface area contributed by atoms with Gasteiger partial charge in [-0.3, -0.25) is 5.43 Å². The third kappa shape index (κ3) is 3.46. The number of aryl methyl sites for hydroxylation is 1. The second-order valence-electron chi connectivity index (χ2n) is 2.91. The number of nitrogens with two attached hydrogens (primary N) is 1. The van der Waals surface area contributed by atoms with E-state index in [2.05, 4.69) is 22.5 Å². The van der Waals surface area contributed by atoms with Crippen molar-refractivity contribution in [3.8, 4) is 0 Å². The lowest BCUT2D eigenvalue weighted by atomic mass is 10.2. The number of rotatable bonds is 3. The minimum atomic E-state index is -3.61. The smallest absolute Gasteiger partial charge is 0.257 e. The van der Waals surface area contributed by atoms with E-state index < -0.39 is 10.0 Å². The second-order valence-corrected chi connectivity index (χ2v) is 5.03. The maximum Gasteiger partial charge on any atom is 0.257 e. The molecule has 1 aromatic carbocycles. The van der Waals surface area contributed by atoms with E-state index in [0.29, 0.717) is 0 Å². The van der Waals surface area contributed by atoms with E-state index in [0.717, 1.165) is 5.56 Å². The lowest BCUT2D eigenvalue weighted by Gasteiger charge is -2.07. The van der Waals surface area contributed by atoms with E-state index in [9.17, 15) is 8.42 Å². The fraction of sp³-hybridized carbons (Fsp3) is 0.125. The molecule has 0 amide bonds. The van der Waals surface area contributed by atoms with E-state index in [1.165, 1.54) is 6.07 Å². The van der Waals surface area contributed by atoms with Crippen molar-refractivity contribution in [3.05, 3.63) is 29.8 Å². The van der Waals surface area contributed by atoms with Gasteiger partial charge in [-0.25, -0.2) is 8.42 Å². The van der Waals surface area contributed by atoms with Crippen LogP contribution in [0.2, 0.25) is 0 Å². The van der Waals surface area contributed by atoms with Gasteiger partial charge in [-0.05, 0) is 36.8 Å². The van der Waals surface area contributed by atoms with Crippen molar-refractivity contribution in [2.24, 2.45) is 5.73 Å². The monoisotopic (exact) mass is 245 g/mol. The molecular weight excluding hydrogens is 234 g/mol. The fourth-order valence-corrected chi connectivity index (χ4v) is 2.04. The molecule has 0 aromatic heterocycles. The summed E-state index contributed by atoms with van der Waals surface area (Å²) in [6.45, 7) is 1.81. The number of nitrogens with one attached hydrogen (secondary N) is 2. The van der Waals surface area contributed by atoms with Crippen LogP contribution < -0.4 is 16.0 Å². The zero-order chi connectivity index (χ0) is 11.5. The second kappa shape index (κ2) is 4.56. The summed E-state index contributed by atoms with van der Waals surface area (Å²) in [7, 11) is -3.61. The van der Waals surface area contributed by atoms with Crippen LogP contribution in [0.4, 0.5) is 0 Å². The van der Waals surface area contributed by atoms with Crippen molar-refractivity contribution in [1.29, 1.82) is 0 Å². The first-order valence-electron chi connectivity index (χ1n) is 4.06. The van der Waals surface area contributed by atoms with Gasteiger partial charge in [0.05, 0.1) is 4.90 Å². The van der Waals surface area contributed by atoms with Gasteiger partial charge >= 0.3 is 0 Å². The van der Waals surface area contributed by atoms with E-state index in [-0.39, 0.29) is 10.0 Å². The van der Waals surface area contributed by atoms with Gasteiger partial charge in [-0.15, -0.1) is 4.83 Å². The van der Waals surface area contributed by atoms with Crippen LogP contribution in [0.15, 0.2) is 29.2 Å². The van der Waals surface area contributed by atoms with Gasteiger partial charge in [0.2, 0.25) is 0 Å². The molecule has 0 heterocycles. The molecule has 0 atom stereocenters. The molecule has 0 fully saturated rings. The minimum absolute atomic E-state index is 0.133. The maximum atomic E-state index is 11.6. The Balaban J connectivity index is 2.91. The van der Waals surface area contributed by atoms with E-state index in [4.69, 9.17) is 5.73 Å². The van der Waals surface area contributed by atoms with Crippen LogP contribution >= 0.6 is 12.2 Å². The number of hydrogen-bond acceptors (Lipinski definition) is 3. The Morgan fingerprint density at radius 1 is 1.47 bits per heavy atom. The highest BCUT2D eigenvalue weighted by atomic mass is 32.2. The number of hydrogen-bond donors (Lipinski definition) is 3. The predicted octanol–water partition coefficient (Wildman–Crippen LogP) is 0.0215. The zero-order valence-electron chi connectivity index (χ0n) is 8.02. The fourth-order valence-electron chi connectivity index (χ4n) is 0.959. The summed E-state index contributed by atoms with van der Waals surface area (Å²) in [6.07, 6.45) is 0. The minimum Gasteiger partial charge on any atom is -0.375 e. The summed E-state index contributed by atoms with van der Waals surface area (Å²) in [4.78, 5) is 2.22. The molecule has 0 aliphatic rings. The van der Waals surface area contributed by atoms with Crippen molar-refractivity contribution < 1.29 is 8.42 Å². The van der Waals surface area contributed by atoms with Gasteiger partial charge in [0.25, 0.3) is 10.0 Å². The average molecular weight is 245 g/mol. The first kappa shape index (κ1) is 11.9. The highest BCUT2D eigenvalue weighted by molar-refractivity contribution is 7.89. The Morgan fingerprint density at radius 3 is 2.67 bits per heavy atom. The molecule has 0 saturated heterocycles. The van der Waals surface area contributed by atoms with Crippen LogP contribution in [-0.4, -0.2) is 13.5 Å². The molecule has 0 saturated carbocycles. The zero-order valence-corrected chi connectivity index (χ0v) is 9.65. The third-order valence-corrected chi connectivity index (χ3v) is 2.96. The quantitative estimate of drug-likeness (QED) is 0.516. The molecule has 0 unspecified atom stereocenters. The highest BCUT2D eigenvalue weighted by Gasteiger charge is 2.13. The lowest BCUT2D eigenvalue weighted by Crippen LogP contribution is -2.44. The Bertz CT molecular complexity index is 471. The molecule has 0 spiro atoms. The molecular formula is C8H11N3O2S2. The van der Waals surface area contributed by atoms with Crippen molar-refractivity contribution in [1.82, 2.24) is 10.3 Å². The van der Waals surface area contributed by atoms with E-state index in [1.54, 1.807) is 25.1 Å². The van der Waals surface area contributed by atoms with Gasteiger partial charge in [0.15, 0.2) is 5.11 Å². The van der Waals surface area contributed by atoms with Gasteiger partial charge in [-0.2, -0.15) is 0 Å². The number of hydrazine groups is 1. The Hall–Kier alpha value is -1.18. The van der Waals surface area contributed by atoms with E-state index in [1.807, 2.05) is 0 Å². The van der Waals surface area contributed by atoms with Gasteiger partial charge < -0.3 is 5.73 Å². The van der Waals surface area contributed by atoms with Gasteiger partial charge in [0.1, 0.15) is 0 Å². The van der Waals surface area contributed by atoms with Crippen LogP contribution in [0.3, 0.4) is 0 Å². The SMILES string of the molecule is Cc1cccc(S(=O)(=O)NNC(N)=S)c1. The van der Waals surface area contributed by atoms with Gasteiger partial charge in [0, 0.05) is 0 Å². The first-order valence-corrected chi connectivity index (χ1v) is 5.95. The van der Waals surface area contributed by atoms with Crippen LogP contribution in [-0.2, 0) is 10.0 Å². The molecule has 82 valence electrons. The maximum absolute atomic E-state index is 11.6. The molecule has 15 heavy (non-hydrogen) atoms.